The minimum Gasteiger partial charge on any atom is -0.166 e. The monoisotopic (exact) mass is 518 g/mol. The second-order valence-electron chi connectivity index (χ2n) is 9.48. The van der Waals surface area contributed by atoms with E-state index in [9.17, 15) is 13.2 Å². The average molecular weight is 519 g/mol. The molecule has 0 saturated carbocycles. The van der Waals surface area contributed by atoms with Gasteiger partial charge >= 0.3 is 6.18 Å². The molecule has 5 rings (SSSR count). The molecule has 0 unspecified atom stereocenters. The van der Waals surface area contributed by atoms with Gasteiger partial charge in [0, 0.05) is 11.7 Å². The Morgan fingerprint density at radius 3 is 1.94 bits per heavy atom. The lowest BCUT2D eigenvalue weighted by molar-refractivity contribution is -0.137. The molecule has 0 spiro atoms. The molecule has 36 heavy (non-hydrogen) atoms. The molecule has 0 bridgehead atoms. The van der Waals surface area contributed by atoms with E-state index in [-0.39, 0.29) is 5.66 Å². The van der Waals surface area contributed by atoms with Gasteiger partial charge in [0.2, 0.25) is 0 Å². The van der Waals surface area contributed by atoms with Crippen LogP contribution in [0.1, 0.15) is 50.2 Å². The van der Waals surface area contributed by atoms with Crippen molar-refractivity contribution >= 4 is 28.7 Å². The van der Waals surface area contributed by atoms with Gasteiger partial charge in [-0.1, -0.05) is 96.2 Å². The summed E-state index contributed by atoms with van der Waals surface area (Å²) in [6, 6.07) is 26.0. The van der Waals surface area contributed by atoms with E-state index in [2.05, 4.69) is 63.0 Å². The van der Waals surface area contributed by atoms with Gasteiger partial charge in [-0.05, 0) is 83.0 Å². The maximum absolute atomic E-state index is 13.3. The van der Waals surface area contributed by atoms with Crippen LogP contribution in [0, 0.1) is 20.8 Å². The number of benzene rings is 4. The highest BCUT2D eigenvalue weighted by molar-refractivity contribution is 8.20. The SMILES string of the molecule is Cc1cc(C)c([P@@]2(=S)C=C(c3ccc(C(F)(F)F)cc3)c3ccccc3[C@@H]2c2ccccc2)c(C)c1. The topological polar surface area (TPSA) is 0 Å². The van der Waals surface area contributed by atoms with E-state index in [0.717, 1.165) is 40.0 Å². The van der Waals surface area contributed by atoms with E-state index >= 15 is 0 Å². The summed E-state index contributed by atoms with van der Waals surface area (Å²) in [6.45, 7) is 6.34. The van der Waals surface area contributed by atoms with Crippen LogP contribution in [0.3, 0.4) is 0 Å². The highest BCUT2D eigenvalue weighted by Gasteiger charge is 2.39. The number of rotatable bonds is 3. The highest BCUT2D eigenvalue weighted by Crippen LogP contribution is 2.68. The van der Waals surface area contributed by atoms with Crippen LogP contribution in [0.25, 0.3) is 5.57 Å². The van der Waals surface area contributed by atoms with Crippen molar-refractivity contribution in [2.75, 3.05) is 0 Å². The summed E-state index contributed by atoms with van der Waals surface area (Å²) in [6.07, 6.45) is -4.37. The molecule has 0 nitrogen and oxygen atoms in total. The zero-order valence-electron chi connectivity index (χ0n) is 20.3. The molecule has 1 aliphatic heterocycles. The third-order valence-electron chi connectivity index (χ3n) is 6.87. The first-order chi connectivity index (χ1) is 17.1. The van der Waals surface area contributed by atoms with E-state index in [1.807, 2.05) is 30.3 Å². The summed E-state index contributed by atoms with van der Waals surface area (Å²) in [5, 5.41) is 1.19. The van der Waals surface area contributed by atoms with E-state index in [0.29, 0.717) is 0 Å². The fourth-order valence-corrected chi connectivity index (χ4v) is 11.1. The molecular weight excluding hydrogens is 492 g/mol. The van der Waals surface area contributed by atoms with E-state index < -0.39 is 17.8 Å². The standard InChI is InChI=1S/C31H26F3PS/c1-20-17-21(2)29(22(3)18-20)35(36)19-28(23-13-15-25(16-14-23)31(32,33)34)26-11-7-8-12-27(26)30(35)24-9-5-4-6-10-24/h4-19,30H,1-3H3/t30-,35-/m0/s1. The third kappa shape index (κ3) is 4.27. The fraction of sp³-hybridized carbons (Fsp3) is 0.161. The molecule has 0 aromatic heterocycles. The Bertz CT molecular complexity index is 1490. The van der Waals surface area contributed by atoms with Crippen LogP contribution < -0.4 is 5.30 Å². The lowest BCUT2D eigenvalue weighted by atomic mass is 9.91. The molecule has 1 aliphatic rings. The minimum atomic E-state index is -4.37. The number of alkyl halides is 3. The summed E-state index contributed by atoms with van der Waals surface area (Å²) in [5.74, 6) is 2.22. The van der Waals surface area contributed by atoms with Crippen LogP contribution in [0.5, 0.6) is 0 Å². The number of fused-ring (bicyclic) bond motifs is 1. The summed E-state index contributed by atoms with van der Waals surface area (Å²) in [7, 11) is 0. The van der Waals surface area contributed by atoms with Gasteiger partial charge in [-0.15, -0.1) is 0 Å². The van der Waals surface area contributed by atoms with Crippen molar-refractivity contribution in [2.45, 2.75) is 32.6 Å². The Morgan fingerprint density at radius 2 is 1.33 bits per heavy atom. The molecule has 0 N–H and O–H groups in total. The Labute approximate surface area is 215 Å². The van der Waals surface area contributed by atoms with Gasteiger partial charge in [-0.3, -0.25) is 0 Å². The number of halogens is 3. The summed E-state index contributed by atoms with van der Waals surface area (Å²) < 4.78 is 39.8. The minimum absolute atomic E-state index is 0.0248. The highest BCUT2D eigenvalue weighted by atomic mass is 32.4. The molecule has 0 aliphatic carbocycles. The van der Waals surface area contributed by atoms with E-state index in [1.165, 1.54) is 22.0 Å². The van der Waals surface area contributed by atoms with Gasteiger partial charge in [0.05, 0.1) is 5.56 Å². The van der Waals surface area contributed by atoms with Gasteiger partial charge in [-0.2, -0.15) is 13.2 Å². The van der Waals surface area contributed by atoms with Gasteiger partial charge in [0.1, 0.15) is 0 Å². The number of aryl methyl sites for hydroxylation is 3. The molecule has 4 aromatic rings. The van der Waals surface area contributed by atoms with Crippen molar-refractivity contribution in [3.8, 4) is 0 Å². The average Bonchev–Trinajstić information content (AvgIpc) is 2.83. The van der Waals surface area contributed by atoms with Crippen LogP contribution in [-0.4, -0.2) is 0 Å². The Hall–Kier alpha value is -2.94. The van der Waals surface area contributed by atoms with Gasteiger partial charge in [0.15, 0.2) is 0 Å². The first kappa shape index (κ1) is 24.7. The van der Waals surface area contributed by atoms with Crippen LogP contribution in [0.2, 0.25) is 0 Å². The second-order valence-corrected chi connectivity index (χ2v) is 13.9. The smallest absolute Gasteiger partial charge is 0.166 e. The molecule has 2 atom stereocenters. The molecule has 0 amide bonds. The summed E-state index contributed by atoms with van der Waals surface area (Å²) in [4.78, 5) is 0. The van der Waals surface area contributed by atoms with Crippen molar-refractivity contribution in [3.05, 3.63) is 141 Å². The Balaban J connectivity index is 1.82. The first-order valence-corrected chi connectivity index (χ1v) is 14.8. The van der Waals surface area contributed by atoms with Crippen molar-refractivity contribution in [3.63, 3.8) is 0 Å². The maximum Gasteiger partial charge on any atom is 0.416 e. The van der Waals surface area contributed by atoms with Crippen LogP contribution in [-0.2, 0) is 18.0 Å². The second kappa shape index (κ2) is 9.18. The third-order valence-corrected chi connectivity index (χ3v) is 11.8. The van der Waals surface area contributed by atoms with Crippen molar-refractivity contribution in [2.24, 2.45) is 0 Å². The van der Waals surface area contributed by atoms with Crippen LogP contribution in [0.15, 0.2) is 96.8 Å². The first-order valence-electron chi connectivity index (χ1n) is 11.8. The molecule has 182 valence electrons. The van der Waals surface area contributed by atoms with Crippen LogP contribution >= 0.6 is 6.04 Å². The van der Waals surface area contributed by atoms with Crippen molar-refractivity contribution in [1.82, 2.24) is 0 Å². The fourth-order valence-electron chi connectivity index (χ4n) is 5.55. The summed E-state index contributed by atoms with van der Waals surface area (Å²) >= 11 is 6.73. The quantitative estimate of drug-likeness (QED) is 0.244. The Morgan fingerprint density at radius 1 is 0.750 bits per heavy atom. The maximum atomic E-state index is 13.3. The largest absolute Gasteiger partial charge is 0.416 e. The predicted octanol–water partition coefficient (Wildman–Crippen LogP) is 8.93. The Kier molecular flexibility index (Phi) is 6.31. The molecule has 0 radical (unpaired) electrons. The molecule has 1 heterocycles. The normalized spacial score (nSPS) is 19.5. The number of hydrogen-bond acceptors (Lipinski definition) is 1. The number of hydrogen-bond donors (Lipinski definition) is 0. The van der Waals surface area contributed by atoms with Gasteiger partial charge in [0.25, 0.3) is 0 Å². The molecule has 4 aromatic carbocycles. The molecule has 0 fully saturated rings. The predicted molar refractivity (Wildman–Crippen MR) is 148 cm³/mol. The van der Waals surface area contributed by atoms with E-state index in [4.69, 9.17) is 11.8 Å². The van der Waals surface area contributed by atoms with E-state index in [1.54, 1.807) is 12.1 Å². The van der Waals surface area contributed by atoms with Crippen LogP contribution in [0.4, 0.5) is 13.2 Å². The van der Waals surface area contributed by atoms with Crippen molar-refractivity contribution < 1.29 is 13.2 Å². The summed E-state index contributed by atoms with van der Waals surface area (Å²) in [5.41, 5.74) is 7.82. The van der Waals surface area contributed by atoms with Crippen molar-refractivity contribution in [1.29, 1.82) is 0 Å². The molecular formula is C31H26F3PS. The van der Waals surface area contributed by atoms with Gasteiger partial charge in [-0.25, -0.2) is 0 Å². The zero-order valence-corrected chi connectivity index (χ0v) is 22.0. The lowest BCUT2D eigenvalue weighted by Gasteiger charge is -2.38. The molecule has 0 saturated heterocycles. The molecule has 5 heteroatoms. The lowest BCUT2D eigenvalue weighted by Crippen LogP contribution is -2.21. The zero-order chi connectivity index (χ0) is 25.7. The van der Waals surface area contributed by atoms with Gasteiger partial charge < -0.3 is 0 Å².